The minimum atomic E-state index is -0.492. The summed E-state index contributed by atoms with van der Waals surface area (Å²) < 4.78 is 7.17. The Morgan fingerprint density at radius 2 is 0.809 bits per heavy atom. The van der Waals surface area contributed by atoms with E-state index in [0.717, 1.165) is 6.32 Å². The molecule has 2 spiro atoms. The van der Waals surface area contributed by atoms with Crippen LogP contribution in [0.25, 0.3) is 22.3 Å². The van der Waals surface area contributed by atoms with Crippen LogP contribution in [0.4, 0.5) is 0 Å². The Morgan fingerprint density at radius 3 is 1.26 bits per heavy atom. The van der Waals surface area contributed by atoms with Crippen molar-refractivity contribution in [2.24, 2.45) is 5.41 Å². The van der Waals surface area contributed by atoms with Gasteiger partial charge in [0.25, 0.3) is 0 Å². The van der Waals surface area contributed by atoms with E-state index in [0.29, 0.717) is 0 Å². The molecule has 226 valence electrons. The maximum absolute atomic E-state index is 7.17. The largest absolute Gasteiger partial charge is 0.426 e. The molecule has 1 saturated heterocycles. The number of benzene rings is 6. The lowest BCUT2D eigenvalue weighted by atomic mass is 9.45. The molecule has 47 heavy (non-hydrogen) atoms. The molecule has 6 aromatic carbocycles. The number of fused-ring (bicyclic) bond motifs is 16. The van der Waals surface area contributed by atoms with Gasteiger partial charge >= 0.3 is 6.92 Å². The molecular weight excluding hydrogens is 567 g/mol. The zero-order valence-electron chi connectivity index (χ0n) is 27.5. The third kappa shape index (κ3) is 3.11. The van der Waals surface area contributed by atoms with Crippen molar-refractivity contribution in [3.63, 3.8) is 0 Å². The van der Waals surface area contributed by atoms with E-state index in [1.54, 1.807) is 0 Å². The maximum Gasteiger partial charge on any atom is 0.328 e. The highest BCUT2D eigenvalue weighted by Crippen LogP contribution is 2.67. The molecule has 0 atom stereocenters. The van der Waals surface area contributed by atoms with Crippen LogP contribution in [-0.2, 0) is 15.5 Å². The lowest BCUT2D eigenvalue weighted by Crippen LogP contribution is -2.50. The molecule has 0 radical (unpaired) electrons. The smallest absolute Gasteiger partial charge is 0.328 e. The zero-order valence-corrected chi connectivity index (χ0v) is 27.5. The van der Waals surface area contributed by atoms with Crippen LogP contribution in [0.15, 0.2) is 140 Å². The standard InChI is InChI=1S/C45H37BO/c1-42(2)28-46(47-43(42,3)4)40-27-15-26-39-41(40)45(35-22-11-7-18-31(35)32-19-8-12-23-36(32)45)38-25-14-13-24-37(38)44(39)33-20-9-5-16-29(33)30-17-6-10-21-34(30)44/h5-27H,28H2,1-4H3. The van der Waals surface area contributed by atoms with Gasteiger partial charge in [-0.15, -0.1) is 0 Å². The summed E-state index contributed by atoms with van der Waals surface area (Å²) in [5.74, 6) is 0. The molecule has 1 nitrogen and oxygen atoms in total. The molecule has 4 aliphatic rings. The highest BCUT2D eigenvalue weighted by atomic mass is 16.5. The molecule has 6 aromatic rings. The van der Waals surface area contributed by atoms with Gasteiger partial charge in [-0.3, -0.25) is 0 Å². The second-order valence-electron chi connectivity index (χ2n) is 15.2. The van der Waals surface area contributed by atoms with Crippen LogP contribution >= 0.6 is 0 Å². The summed E-state index contributed by atoms with van der Waals surface area (Å²) in [5.41, 5.74) is 16.5. The molecule has 0 unspecified atom stereocenters. The van der Waals surface area contributed by atoms with E-state index in [-0.39, 0.29) is 17.9 Å². The molecule has 0 saturated carbocycles. The van der Waals surface area contributed by atoms with E-state index in [2.05, 4.69) is 167 Å². The number of hydrogen-bond acceptors (Lipinski definition) is 1. The monoisotopic (exact) mass is 604 g/mol. The molecule has 0 N–H and O–H groups in total. The molecule has 1 fully saturated rings. The average molecular weight is 605 g/mol. The first-order valence-corrected chi connectivity index (χ1v) is 17.1. The number of rotatable bonds is 1. The Morgan fingerprint density at radius 1 is 0.426 bits per heavy atom. The first-order valence-electron chi connectivity index (χ1n) is 17.1. The summed E-state index contributed by atoms with van der Waals surface area (Å²) >= 11 is 0. The van der Waals surface area contributed by atoms with Gasteiger partial charge in [0.05, 0.1) is 16.4 Å². The van der Waals surface area contributed by atoms with Crippen LogP contribution in [0.5, 0.6) is 0 Å². The summed E-state index contributed by atoms with van der Waals surface area (Å²) in [4.78, 5) is 0. The fourth-order valence-electron chi connectivity index (χ4n) is 10.0. The Balaban J connectivity index is 1.44. The van der Waals surface area contributed by atoms with Crippen LogP contribution in [0, 0.1) is 5.41 Å². The molecule has 1 heterocycles. The van der Waals surface area contributed by atoms with Crippen molar-refractivity contribution in [1.82, 2.24) is 0 Å². The lowest BCUT2D eigenvalue weighted by molar-refractivity contribution is 0.0375. The van der Waals surface area contributed by atoms with E-state index >= 15 is 0 Å². The van der Waals surface area contributed by atoms with Crippen LogP contribution in [0.3, 0.4) is 0 Å². The topological polar surface area (TPSA) is 9.23 Å². The van der Waals surface area contributed by atoms with E-state index in [1.807, 2.05) is 0 Å². The van der Waals surface area contributed by atoms with E-state index in [1.165, 1.54) is 72.2 Å². The third-order valence-electron chi connectivity index (χ3n) is 12.6. The summed E-state index contributed by atoms with van der Waals surface area (Å²) in [6.45, 7) is 9.27. The summed E-state index contributed by atoms with van der Waals surface area (Å²) in [6, 6.07) is 53.1. The molecule has 0 amide bonds. The highest BCUT2D eigenvalue weighted by Gasteiger charge is 2.61. The van der Waals surface area contributed by atoms with Gasteiger partial charge in [0, 0.05) is 0 Å². The van der Waals surface area contributed by atoms with Crippen LogP contribution in [0.1, 0.15) is 72.2 Å². The highest BCUT2D eigenvalue weighted by molar-refractivity contribution is 6.69. The zero-order chi connectivity index (χ0) is 31.8. The fraction of sp³-hybridized carbons (Fsp3) is 0.200. The first kappa shape index (κ1) is 27.5. The van der Waals surface area contributed by atoms with Crippen molar-refractivity contribution in [1.29, 1.82) is 0 Å². The average Bonchev–Trinajstić information content (AvgIpc) is 3.64. The Bertz CT molecular complexity index is 2180. The normalized spacial score (nSPS) is 19.1. The molecule has 0 aromatic heterocycles. The second-order valence-corrected chi connectivity index (χ2v) is 15.2. The van der Waals surface area contributed by atoms with E-state index in [9.17, 15) is 0 Å². The molecule has 2 heteroatoms. The summed E-state index contributed by atoms with van der Waals surface area (Å²) in [7, 11) is 0. The number of hydrogen-bond donors (Lipinski definition) is 0. The van der Waals surface area contributed by atoms with Crippen molar-refractivity contribution in [3.8, 4) is 22.3 Å². The van der Waals surface area contributed by atoms with Gasteiger partial charge in [-0.05, 0) is 97.8 Å². The fourth-order valence-corrected chi connectivity index (χ4v) is 10.0. The molecule has 0 bridgehead atoms. The predicted molar refractivity (Wildman–Crippen MR) is 194 cm³/mol. The van der Waals surface area contributed by atoms with Crippen molar-refractivity contribution in [2.75, 3.05) is 0 Å². The molecule has 3 aliphatic carbocycles. The minimum absolute atomic E-state index is 0.0237. The van der Waals surface area contributed by atoms with Crippen LogP contribution in [-0.4, -0.2) is 12.5 Å². The Labute approximate surface area is 278 Å². The van der Waals surface area contributed by atoms with Crippen molar-refractivity contribution in [2.45, 2.75) is 50.4 Å². The van der Waals surface area contributed by atoms with Crippen molar-refractivity contribution >= 4 is 12.4 Å². The SMILES string of the molecule is CC1(C)CB(c2cccc3c2C2(c4ccccc4-c4ccccc42)c2ccccc2C32c3ccccc3-c3ccccc32)OC1(C)C. The quantitative estimate of drug-likeness (QED) is 0.170. The van der Waals surface area contributed by atoms with Gasteiger partial charge in [0.1, 0.15) is 0 Å². The van der Waals surface area contributed by atoms with Crippen LogP contribution < -0.4 is 5.46 Å². The van der Waals surface area contributed by atoms with Gasteiger partial charge in [0.2, 0.25) is 0 Å². The van der Waals surface area contributed by atoms with E-state index < -0.39 is 10.8 Å². The molecular formula is C45H37BO. The van der Waals surface area contributed by atoms with E-state index in [4.69, 9.17) is 4.65 Å². The Hall–Kier alpha value is -4.66. The Kier molecular flexibility index (Phi) is 5.27. The minimum Gasteiger partial charge on any atom is -0.426 e. The van der Waals surface area contributed by atoms with Crippen molar-refractivity contribution < 1.29 is 4.65 Å². The predicted octanol–water partition coefficient (Wildman–Crippen LogP) is 9.76. The van der Waals surface area contributed by atoms with Crippen molar-refractivity contribution in [3.05, 3.63) is 184 Å². The van der Waals surface area contributed by atoms with Gasteiger partial charge in [0.15, 0.2) is 0 Å². The second kappa shape index (κ2) is 9.03. The maximum atomic E-state index is 7.17. The lowest BCUT2D eigenvalue weighted by Gasteiger charge is -2.50. The van der Waals surface area contributed by atoms with Crippen LogP contribution in [0.2, 0.25) is 6.32 Å². The third-order valence-corrected chi connectivity index (χ3v) is 12.6. The first-order chi connectivity index (χ1) is 22.8. The van der Waals surface area contributed by atoms with Gasteiger partial charge < -0.3 is 4.65 Å². The van der Waals surface area contributed by atoms with Gasteiger partial charge in [-0.25, -0.2) is 0 Å². The molecule has 10 rings (SSSR count). The van der Waals surface area contributed by atoms with Gasteiger partial charge in [-0.1, -0.05) is 153 Å². The summed E-state index contributed by atoms with van der Waals surface area (Å²) in [5, 5.41) is 0. The summed E-state index contributed by atoms with van der Waals surface area (Å²) in [6.07, 6.45) is 0.970. The molecule has 1 aliphatic heterocycles. The van der Waals surface area contributed by atoms with Gasteiger partial charge in [-0.2, -0.15) is 0 Å².